The lowest BCUT2D eigenvalue weighted by Gasteiger charge is -2.23. The number of nitro benzene ring substituents is 1. The van der Waals surface area contributed by atoms with Crippen molar-refractivity contribution in [3.63, 3.8) is 0 Å². The van der Waals surface area contributed by atoms with Crippen molar-refractivity contribution in [2.24, 2.45) is 0 Å². The van der Waals surface area contributed by atoms with Crippen molar-refractivity contribution in [1.29, 1.82) is 0 Å². The molecule has 1 aromatic carbocycles. The van der Waals surface area contributed by atoms with Crippen LogP contribution in [0.4, 0.5) is 5.69 Å². The Kier molecular flexibility index (Phi) is 5.18. The number of nitrogens with zero attached hydrogens (tertiary/aromatic N) is 5. The first-order valence-corrected chi connectivity index (χ1v) is 8.97. The van der Waals surface area contributed by atoms with Crippen molar-refractivity contribution in [2.45, 2.75) is 24.4 Å². The molecule has 8 heteroatoms. The van der Waals surface area contributed by atoms with Gasteiger partial charge in [0.2, 0.25) is 0 Å². The van der Waals surface area contributed by atoms with Crippen molar-refractivity contribution in [2.75, 3.05) is 13.6 Å². The molecule has 2 heterocycles. The van der Waals surface area contributed by atoms with E-state index >= 15 is 0 Å². The Morgan fingerprint density at radius 3 is 2.84 bits per heavy atom. The van der Waals surface area contributed by atoms with Crippen LogP contribution < -0.4 is 0 Å². The summed E-state index contributed by atoms with van der Waals surface area (Å²) in [6.45, 7) is 3.61. The summed E-state index contributed by atoms with van der Waals surface area (Å²) in [6, 6.07) is 6.80. The van der Waals surface area contributed by atoms with Crippen LogP contribution in [-0.2, 0) is 12.3 Å². The second-order valence-corrected chi connectivity index (χ2v) is 6.53. The minimum absolute atomic E-state index is 0.137. The summed E-state index contributed by atoms with van der Waals surface area (Å²) in [5, 5.41) is 20.6. The Bertz CT molecular complexity index is 843. The highest BCUT2D eigenvalue weighted by Gasteiger charge is 2.20. The highest BCUT2D eigenvalue weighted by Crippen LogP contribution is 2.29. The summed E-state index contributed by atoms with van der Waals surface area (Å²) in [5.41, 5.74) is 1.84. The monoisotopic (exact) mass is 357 g/mol. The van der Waals surface area contributed by atoms with Crippen molar-refractivity contribution in [3.8, 4) is 0 Å². The SMILES string of the molecule is CCn1c(SCc2ccccc2[N+](=O)[O-])nnc1C1=CC=CCN1C. The van der Waals surface area contributed by atoms with E-state index in [1.807, 2.05) is 36.8 Å². The molecule has 0 unspecified atom stereocenters. The third-order valence-corrected chi connectivity index (χ3v) is 5.00. The lowest BCUT2D eigenvalue weighted by molar-refractivity contribution is -0.385. The van der Waals surface area contributed by atoms with Gasteiger partial charge in [-0.05, 0) is 13.0 Å². The van der Waals surface area contributed by atoms with E-state index in [0.29, 0.717) is 11.3 Å². The van der Waals surface area contributed by atoms with E-state index in [1.165, 1.54) is 17.8 Å². The van der Waals surface area contributed by atoms with Gasteiger partial charge in [0, 0.05) is 37.5 Å². The van der Waals surface area contributed by atoms with Gasteiger partial charge in [-0.2, -0.15) is 0 Å². The normalized spacial score (nSPS) is 13.8. The molecule has 1 aliphatic heterocycles. The zero-order valence-electron chi connectivity index (χ0n) is 14.1. The van der Waals surface area contributed by atoms with Crippen LogP contribution in [0, 0.1) is 10.1 Å². The van der Waals surface area contributed by atoms with Crippen LogP contribution in [-0.4, -0.2) is 38.2 Å². The quantitative estimate of drug-likeness (QED) is 0.448. The Morgan fingerprint density at radius 1 is 1.32 bits per heavy atom. The lowest BCUT2D eigenvalue weighted by atomic mass is 10.2. The average Bonchev–Trinajstić information content (AvgIpc) is 3.03. The fourth-order valence-electron chi connectivity index (χ4n) is 2.67. The summed E-state index contributed by atoms with van der Waals surface area (Å²) in [6.07, 6.45) is 6.13. The highest BCUT2D eigenvalue weighted by molar-refractivity contribution is 7.98. The maximum Gasteiger partial charge on any atom is 0.273 e. The van der Waals surface area contributed by atoms with Gasteiger partial charge in [-0.15, -0.1) is 10.2 Å². The number of likely N-dealkylation sites (N-methyl/N-ethyl adjacent to an activating group) is 1. The number of benzene rings is 1. The molecule has 0 atom stereocenters. The Morgan fingerprint density at radius 2 is 2.12 bits per heavy atom. The van der Waals surface area contributed by atoms with Crippen LogP contribution in [0.5, 0.6) is 0 Å². The van der Waals surface area contributed by atoms with Crippen molar-refractivity contribution in [1.82, 2.24) is 19.7 Å². The van der Waals surface area contributed by atoms with Crippen LogP contribution in [0.15, 0.2) is 47.6 Å². The molecular formula is C17H19N5O2S. The zero-order chi connectivity index (χ0) is 17.8. The average molecular weight is 357 g/mol. The van der Waals surface area contributed by atoms with E-state index in [-0.39, 0.29) is 10.6 Å². The molecule has 0 aliphatic carbocycles. The number of hydrogen-bond donors (Lipinski definition) is 0. The molecule has 2 aromatic rings. The van der Waals surface area contributed by atoms with Gasteiger partial charge in [-0.1, -0.05) is 42.1 Å². The smallest absolute Gasteiger partial charge is 0.273 e. The first-order chi connectivity index (χ1) is 12.1. The van der Waals surface area contributed by atoms with Gasteiger partial charge in [0.15, 0.2) is 11.0 Å². The molecule has 0 N–H and O–H groups in total. The zero-order valence-corrected chi connectivity index (χ0v) is 14.9. The number of nitro groups is 1. The van der Waals surface area contributed by atoms with E-state index in [0.717, 1.165) is 29.8 Å². The first-order valence-electron chi connectivity index (χ1n) is 7.98. The fourth-order valence-corrected chi connectivity index (χ4v) is 3.67. The number of hydrogen-bond acceptors (Lipinski definition) is 6. The van der Waals surface area contributed by atoms with Gasteiger partial charge in [0.05, 0.1) is 10.6 Å². The van der Waals surface area contributed by atoms with Gasteiger partial charge in [-0.25, -0.2) is 0 Å². The lowest BCUT2D eigenvalue weighted by Crippen LogP contribution is -2.21. The predicted molar refractivity (Wildman–Crippen MR) is 98.1 cm³/mol. The third-order valence-electron chi connectivity index (χ3n) is 3.99. The molecule has 1 aromatic heterocycles. The Labute approximate surface area is 150 Å². The van der Waals surface area contributed by atoms with E-state index in [2.05, 4.69) is 21.2 Å². The van der Waals surface area contributed by atoms with Crippen LogP contribution in [0.2, 0.25) is 0 Å². The van der Waals surface area contributed by atoms with Crippen molar-refractivity contribution < 1.29 is 4.92 Å². The van der Waals surface area contributed by atoms with Gasteiger partial charge < -0.3 is 9.47 Å². The van der Waals surface area contributed by atoms with Gasteiger partial charge >= 0.3 is 0 Å². The molecule has 0 radical (unpaired) electrons. The first kappa shape index (κ1) is 17.2. The van der Waals surface area contributed by atoms with Crippen LogP contribution in [0.3, 0.4) is 0 Å². The van der Waals surface area contributed by atoms with E-state index < -0.39 is 0 Å². The number of allylic oxidation sites excluding steroid dienone is 2. The summed E-state index contributed by atoms with van der Waals surface area (Å²) >= 11 is 1.46. The van der Waals surface area contributed by atoms with E-state index in [9.17, 15) is 10.1 Å². The molecule has 25 heavy (non-hydrogen) atoms. The molecule has 0 saturated carbocycles. The topological polar surface area (TPSA) is 77.1 Å². The van der Waals surface area contributed by atoms with E-state index in [1.54, 1.807) is 12.1 Å². The summed E-state index contributed by atoms with van der Waals surface area (Å²) in [5.74, 6) is 1.30. The molecule has 0 amide bonds. The van der Waals surface area contributed by atoms with Crippen molar-refractivity contribution >= 4 is 23.1 Å². The summed E-state index contributed by atoms with van der Waals surface area (Å²) < 4.78 is 2.04. The van der Waals surface area contributed by atoms with Crippen LogP contribution in [0.25, 0.3) is 5.70 Å². The fraction of sp³-hybridized carbons (Fsp3) is 0.294. The maximum atomic E-state index is 11.1. The van der Waals surface area contributed by atoms with Crippen molar-refractivity contribution in [3.05, 3.63) is 64.0 Å². The number of aromatic nitrogens is 3. The predicted octanol–water partition coefficient (Wildman–Crippen LogP) is 3.34. The molecule has 1 aliphatic rings. The Hall–Kier alpha value is -2.61. The third kappa shape index (κ3) is 3.58. The second-order valence-electron chi connectivity index (χ2n) is 5.59. The molecule has 0 fully saturated rings. The maximum absolute atomic E-state index is 11.1. The van der Waals surface area contributed by atoms with Gasteiger partial charge in [0.25, 0.3) is 5.69 Å². The minimum atomic E-state index is -0.347. The number of rotatable bonds is 6. The Balaban J connectivity index is 1.84. The van der Waals surface area contributed by atoms with Crippen LogP contribution >= 0.6 is 11.8 Å². The molecule has 0 bridgehead atoms. The molecule has 3 rings (SSSR count). The molecule has 0 saturated heterocycles. The van der Waals surface area contributed by atoms with Gasteiger partial charge in [-0.3, -0.25) is 10.1 Å². The van der Waals surface area contributed by atoms with E-state index in [4.69, 9.17) is 0 Å². The molecule has 0 spiro atoms. The summed E-state index contributed by atoms with van der Waals surface area (Å²) in [4.78, 5) is 12.9. The van der Waals surface area contributed by atoms with Gasteiger partial charge in [0.1, 0.15) is 0 Å². The highest BCUT2D eigenvalue weighted by atomic mass is 32.2. The molecular weight excluding hydrogens is 338 g/mol. The molecule has 7 nitrogen and oxygen atoms in total. The van der Waals surface area contributed by atoms with Crippen LogP contribution in [0.1, 0.15) is 18.3 Å². The second kappa shape index (κ2) is 7.52. The largest absolute Gasteiger partial charge is 0.368 e. The number of para-hydroxylation sites is 1. The molecule has 130 valence electrons. The standard InChI is InChI=1S/C17H19N5O2S/c1-3-21-16(15-10-6-7-11-20(15)2)18-19-17(21)25-12-13-8-4-5-9-14(13)22(23)24/h4-10H,3,11-12H2,1-2H3. The summed E-state index contributed by atoms with van der Waals surface area (Å²) in [7, 11) is 2.02. The number of thioether (sulfide) groups is 1. The minimum Gasteiger partial charge on any atom is -0.368 e.